The minimum atomic E-state index is -0.673. The Bertz CT molecular complexity index is 1640. The van der Waals surface area contributed by atoms with Gasteiger partial charge < -0.3 is 15.6 Å². The predicted octanol–water partition coefficient (Wildman–Crippen LogP) is 3.86. The van der Waals surface area contributed by atoms with Crippen LogP contribution in [0.4, 0.5) is 16.0 Å². The molecule has 2 aromatic heterocycles. The number of halogens is 1. The highest BCUT2D eigenvalue weighted by Crippen LogP contribution is 2.46. The third kappa shape index (κ3) is 5.79. The number of carbonyl (C=O) groups is 1. The highest BCUT2D eigenvalue weighted by atomic mass is 32.2. The van der Waals surface area contributed by atoms with Crippen molar-refractivity contribution >= 4 is 34.5 Å². The van der Waals surface area contributed by atoms with E-state index in [-0.39, 0.29) is 17.5 Å². The molecule has 0 unspecified atom stereocenters. The molecule has 0 bridgehead atoms. The molecule has 1 saturated heterocycles. The number of amidine groups is 1. The smallest absolute Gasteiger partial charge is 0.274 e. The molecular weight excluding hydrogens is 553 g/mol. The van der Waals surface area contributed by atoms with Gasteiger partial charge in [0.2, 0.25) is 5.95 Å². The summed E-state index contributed by atoms with van der Waals surface area (Å²) in [7, 11) is 0. The van der Waals surface area contributed by atoms with Crippen molar-refractivity contribution in [1.29, 1.82) is 5.26 Å². The molecule has 2 aliphatic rings. The van der Waals surface area contributed by atoms with Gasteiger partial charge in [0.1, 0.15) is 17.3 Å². The van der Waals surface area contributed by atoms with E-state index < -0.39 is 11.4 Å². The Morgan fingerprint density at radius 1 is 1.07 bits per heavy atom. The van der Waals surface area contributed by atoms with Crippen LogP contribution in [0.15, 0.2) is 90.3 Å². The first-order valence-corrected chi connectivity index (χ1v) is 14.3. The summed E-state index contributed by atoms with van der Waals surface area (Å²) in [5.41, 5.74) is 9.12. The molecule has 3 N–H and O–H groups in total. The van der Waals surface area contributed by atoms with Crippen molar-refractivity contribution in [2.75, 3.05) is 29.1 Å². The van der Waals surface area contributed by atoms with Crippen molar-refractivity contribution in [3.63, 3.8) is 0 Å². The molecule has 0 saturated carbocycles. The maximum Gasteiger partial charge on any atom is 0.274 e. The summed E-state index contributed by atoms with van der Waals surface area (Å²) in [6.07, 6.45) is 3.71. The van der Waals surface area contributed by atoms with Crippen LogP contribution in [-0.4, -0.2) is 44.9 Å². The molecule has 0 aliphatic carbocycles. The number of amides is 1. The van der Waals surface area contributed by atoms with E-state index in [0.29, 0.717) is 36.8 Å². The number of hydrogen-bond acceptors (Lipinski definition) is 10. The molecule has 210 valence electrons. The molecule has 2 aromatic carbocycles. The lowest BCUT2D eigenvalue weighted by atomic mass is 9.81. The molecule has 6 rings (SSSR count). The third-order valence-electron chi connectivity index (χ3n) is 7.24. The van der Waals surface area contributed by atoms with Gasteiger partial charge in [-0.15, -0.1) is 0 Å². The Labute approximate surface area is 246 Å². The van der Waals surface area contributed by atoms with Gasteiger partial charge in [-0.05, 0) is 35.4 Å². The van der Waals surface area contributed by atoms with E-state index in [1.54, 1.807) is 17.8 Å². The second-order valence-corrected chi connectivity index (χ2v) is 11.0. The lowest BCUT2D eigenvalue weighted by Gasteiger charge is -2.35. The molecular formula is C30H26FN9OS. The Balaban J connectivity index is 1.28. The Morgan fingerprint density at radius 2 is 1.90 bits per heavy atom. The number of anilines is 2. The predicted molar refractivity (Wildman–Crippen MR) is 159 cm³/mol. The van der Waals surface area contributed by atoms with Crippen LogP contribution in [0, 0.1) is 23.1 Å². The maximum atomic E-state index is 13.6. The van der Waals surface area contributed by atoms with Gasteiger partial charge in [-0.2, -0.15) is 5.26 Å². The number of hydrazine groups is 1. The number of thioether (sulfide) groups is 1. The highest BCUT2D eigenvalue weighted by Gasteiger charge is 2.51. The summed E-state index contributed by atoms with van der Waals surface area (Å²) >= 11 is 1.63. The zero-order valence-electron chi connectivity index (χ0n) is 22.4. The van der Waals surface area contributed by atoms with Crippen LogP contribution in [0.25, 0.3) is 0 Å². The Hall–Kier alpha value is -4.86. The summed E-state index contributed by atoms with van der Waals surface area (Å²) in [4.78, 5) is 32.7. The van der Waals surface area contributed by atoms with E-state index in [1.807, 2.05) is 65.6 Å². The van der Waals surface area contributed by atoms with Crippen molar-refractivity contribution in [3.8, 4) is 6.07 Å². The van der Waals surface area contributed by atoms with Crippen LogP contribution in [0.3, 0.4) is 0 Å². The van der Waals surface area contributed by atoms with Crippen molar-refractivity contribution in [3.05, 3.63) is 114 Å². The largest absolute Gasteiger partial charge is 0.338 e. The van der Waals surface area contributed by atoms with E-state index in [4.69, 9.17) is 10.3 Å². The number of nitriles is 1. The van der Waals surface area contributed by atoms with Gasteiger partial charge in [-0.3, -0.25) is 4.79 Å². The minimum Gasteiger partial charge on any atom is -0.338 e. The number of carbonyl (C=O) groups excluding carboxylic acids is 1. The summed E-state index contributed by atoms with van der Waals surface area (Å²) in [5.74, 6) is 0.450. The zero-order valence-corrected chi connectivity index (χ0v) is 23.2. The maximum absolute atomic E-state index is 13.6. The number of hydrogen-bond donors (Lipinski definition) is 3. The molecule has 12 heteroatoms. The average Bonchev–Trinajstić information content (AvgIpc) is 3.42. The second kappa shape index (κ2) is 11.9. The number of nitrogens with zero attached hydrogens (tertiary/aromatic N) is 6. The number of aromatic nitrogens is 3. The summed E-state index contributed by atoms with van der Waals surface area (Å²) < 4.78 is 13.6. The van der Waals surface area contributed by atoms with E-state index in [9.17, 15) is 9.18 Å². The Kier molecular flexibility index (Phi) is 7.76. The van der Waals surface area contributed by atoms with Crippen LogP contribution in [0.5, 0.6) is 0 Å². The van der Waals surface area contributed by atoms with Crippen molar-refractivity contribution in [2.24, 2.45) is 10.9 Å². The van der Waals surface area contributed by atoms with E-state index in [2.05, 4.69) is 31.1 Å². The standard InChI is InChI=1S/C30H26FN9OS/c31-24-15-34-28(35-16-24)40-17-23-18-42-29(39-36-14-20-5-2-1-3-6-20)38-30(23,19-40)22-7-4-8-25(11-22)37-27(41)26-10-9-21(12-32)13-33-26/h1-11,13,15-16,23,36H,14,17-19H2,(H,37,41)(H,38,39)/t23-,30+/m0/s1. The molecule has 1 fully saturated rings. The molecule has 4 heterocycles. The number of fused-ring (bicyclic) bond motifs is 1. The van der Waals surface area contributed by atoms with Gasteiger partial charge in [0.15, 0.2) is 11.0 Å². The van der Waals surface area contributed by atoms with Crippen LogP contribution in [0.1, 0.15) is 27.2 Å². The molecule has 0 radical (unpaired) electrons. The summed E-state index contributed by atoms with van der Waals surface area (Å²) in [6, 6.07) is 22.8. The van der Waals surface area contributed by atoms with Gasteiger partial charge in [-0.25, -0.2) is 29.8 Å². The van der Waals surface area contributed by atoms with Crippen molar-refractivity contribution < 1.29 is 9.18 Å². The number of benzene rings is 2. The average molecular weight is 580 g/mol. The molecule has 2 atom stereocenters. The van der Waals surface area contributed by atoms with Crippen LogP contribution in [0.2, 0.25) is 0 Å². The summed E-state index contributed by atoms with van der Waals surface area (Å²) in [5, 5.41) is 12.7. The summed E-state index contributed by atoms with van der Waals surface area (Å²) in [6.45, 7) is 1.73. The first-order valence-electron chi connectivity index (χ1n) is 13.3. The quantitative estimate of drug-likeness (QED) is 0.279. The fraction of sp³-hybridized carbons (Fsp3) is 0.200. The first kappa shape index (κ1) is 27.3. The zero-order chi connectivity index (χ0) is 28.9. The molecule has 0 spiro atoms. The van der Waals surface area contributed by atoms with Crippen LogP contribution >= 0.6 is 11.8 Å². The third-order valence-corrected chi connectivity index (χ3v) is 8.27. The normalized spacial score (nSPS) is 19.4. The van der Waals surface area contributed by atoms with Crippen LogP contribution in [-0.2, 0) is 12.1 Å². The van der Waals surface area contributed by atoms with Gasteiger partial charge in [0, 0.05) is 36.6 Å². The van der Waals surface area contributed by atoms with Crippen LogP contribution < -0.4 is 21.1 Å². The Morgan fingerprint density at radius 3 is 2.67 bits per heavy atom. The monoisotopic (exact) mass is 579 g/mol. The van der Waals surface area contributed by atoms with Crippen molar-refractivity contribution in [2.45, 2.75) is 12.1 Å². The van der Waals surface area contributed by atoms with E-state index >= 15 is 0 Å². The highest BCUT2D eigenvalue weighted by molar-refractivity contribution is 8.13. The fourth-order valence-electron chi connectivity index (χ4n) is 5.16. The SMILES string of the molecule is N#Cc1ccc(C(=O)Nc2cccc([C@]34CN(c5ncc(F)cn5)C[C@H]3CSC(NNCc3ccccc3)=N4)c2)nc1. The van der Waals surface area contributed by atoms with E-state index in [0.717, 1.165) is 22.0 Å². The van der Waals surface area contributed by atoms with E-state index in [1.165, 1.54) is 24.7 Å². The molecule has 1 amide bonds. The van der Waals surface area contributed by atoms with Gasteiger partial charge in [-0.1, -0.05) is 54.2 Å². The fourth-order valence-corrected chi connectivity index (χ4v) is 6.27. The number of rotatable bonds is 7. The minimum absolute atomic E-state index is 0.0990. The van der Waals surface area contributed by atoms with Gasteiger partial charge >= 0.3 is 0 Å². The van der Waals surface area contributed by atoms with Gasteiger partial charge in [0.25, 0.3) is 5.91 Å². The number of nitrogens with one attached hydrogen (secondary N) is 3. The lowest BCUT2D eigenvalue weighted by Crippen LogP contribution is -2.44. The van der Waals surface area contributed by atoms with Gasteiger partial charge in [0.05, 0.1) is 24.5 Å². The molecule has 2 aliphatic heterocycles. The topological polar surface area (TPSA) is 131 Å². The molecule has 42 heavy (non-hydrogen) atoms. The number of aliphatic imine (C=N–C) groups is 1. The lowest BCUT2D eigenvalue weighted by molar-refractivity contribution is 0.102. The first-order chi connectivity index (χ1) is 20.5. The molecule has 10 nitrogen and oxygen atoms in total. The van der Waals surface area contributed by atoms with Crippen molar-refractivity contribution in [1.82, 2.24) is 25.8 Å². The number of pyridine rings is 1. The molecule has 4 aromatic rings. The second-order valence-electron chi connectivity index (χ2n) is 9.97.